The van der Waals surface area contributed by atoms with Crippen LogP contribution in [0, 0.1) is 6.92 Å². The molecule has 0 fully saturated rings. The molecule has 1 atom stereocenters. The van der Waals surface area contributed by atoms with Gasteiger partial charge in [-0.25, -0.2) is 0 Å². The number of hydrogen-bond donors (Lipinski definition) is 2. The zero-order chi connectivity index (χ0) is 13.1. The van der Waals surface area contributed by atoms with Crippen LogP contribution in [-0.2, 0) is 6.54 Å². The number of benzene rings is 1. The molecule has 0 aliphatic heterocycles. The van der Waals surface area contributed by atoms with Crippen molar-refractivity contribution in [2.45, 2.75) is 33.4 Å². The molecule has 0 radical (unpaired) electrons. The molecule has 0 bridgehead atoms. The van der Waals surface area contributed by atoms with Crippen LogP contribution in [0.25, 0.3) is 0 Å². The van der Waals surface area contributed by atoms with Crippen LogP contribution in [-0.4, -0.2) is 14.8 Å². The van der Waals surface area contributed by atoms with E-state index in [1.165, 1.54) is 5.56 Å². The summed E-state index contributed by atoms with van der Waals surface area (Å²) < 4.78 is 1.99. The van der Waals surface area contributed by atoms with Gasteiger partial charge in [0.2, 0.25) is 5.95 Å². The normalized spacial score (nSPS) is 12.4. The molecule has 0 saturated heterocycles. The summed E-state index contributed by atoms with van der Waals surface area (Å²) in [5, 5.41) is 11.5. The Balaban J connectivity index is 2.26. The lowest BCUT2D eigenvalue weighted by Gasteiger charge is -2.11. The molecule has 96 valence electrons. The Morgan fingerprint density at radius 2 is 1.94 bits per heavy atom. The average molecular weight is 245 g/mol. The summed E-state index contributed by atoms with van der Waals surface area (Å²) in [6.45, 7) is 6.81. The van der Waals surface area contributed by atoms with Crippen LogP contribution in [0.2, 0.25) is 0 Å². The lowest BCUT2D eigenvalue weighted by Crippen LogP contribution is -2.14. The van der Waals surface area contributed by atoms with Crippen molar-refractivity contribution in [3.63, 3.8) is 0 Å². The third-order valence-corrected chi connectivity index (χ3v) is 2.81. The Labute approximate surface area is 107 Å². The number of aryl methyl sites for hydroxylation is 1. The summed E-state index contributed by atoms with van der Waals surface area (Å²) >= 11 is 0. The van der Waals surface area contributed by atoms with E-state index in [0.717, 1.165) is 24.0 Å². The molecule has 2 rings (SSSR count). The second kappa shape index (κ2) is 5.18. The summed E-state index contributed by atoms with van der Waals surface area (Å²) in [7, 11) is 0. The largest absolute Gasteiger partial charge is 0.324 e. The van der Waals surface area contributed by atoms with E-state index in [-0.39, 0.29) is 6.04 Å². The van der Waals surface area contributed by atoms with Gasteiger partial charge >= 0.3 is 0 Å². The van der Waals surface area contributed by atoms with Crippen molar-refractivity contribution in [2.75, 3.05) is 5.32 Å². The number of aromatic nitrogens is 3. The maximum Gasteiger partial charge on any atom is 0.229 e. The molecule has 5 nitrogen and oxygen atoms in total. The van der Waals surface area contributed by atoms with E-state index in [0.29, 0.717) is 0 Å². The van der Waals surface area contributed by atoms with E-state index in [4.69, 9.17) is 5.73 Å². The molecule has 0 saturated carbocycles. The van der Waals surface area contributed by atoms with Gasteiger partial charge in [0.25, 0.3) is 0 Å². The van der Waals surface area contributed by atoms with Crippen molar-refractivity contribution in [2.24, 2.45) is 5.73 Å². The number of anilines is 2. The van der Waals surface area contributed by atoms with E-state index in [1.807, 2.05) is 23.6 Å². The fraction of sp³-hybridized carbons (Fsp3) is 0.385. The summed E-state index contributed by atoms with van der Waals surface area (Å²) in [6.07, 6.45) is 0. The third kappa shape index (κ3) is 2.51. The molecule has 1 heterocycles. The first-order valence-corrected chi connectivity index (χ1v) is 6.14. The lowest BCUT2D eigenvalue weighted by molar-refractivity contribution is 0.640. The molecular formula is C13H19N5. The second-order valence-corrected chi connectivity index (χ2v) is 4.41. The highest BCUT2D eigenvalue weighted by atomic mass is 15.4. The van der Waals surface area contributed by atoms with E-state index in [2.05, 4.69) is 41.5 Å². The van der Waals surface area contributed by atoms with Gasteiger partial charge in [-0.2, -0.15) is 0 Å². The van der Waals surface area contributed by atoms with Gasteiger partial charge in [-0.1, -0.05) is 17.7 Å². The van der Waals surface area contributed by atoms with Crippen molar-refractivity contribution >= 4 is 11.6 Å². The van der Waals surface area contributed by atoms with Gasteiger partial charge in [-0.05, 0) is 32.9 Å². The summed E-state index contributed by atoms with van der Waals surface area (Å²) in [5.74, 6) is 1.53. The minimum Gasteiger partial charge on any atom is -0.324 e. The number of hydrogen-bond acceptors (Lipinski definition) is 4. The highest BCUT2D eigenvalue weighted by molar-refractivity contribution is 5.53. The van der Waals surface area contributed by atoms with Crippen molar-refractivity contribution in [3.05, 3.63) is 35.7 Å². The van der Waals surface area contributed by atoms with E-state index < -0.39 is 0 Å². The van der Waals surface area contributed by atoms with Gasteiger partial charge in [-0.15, -0.1) is 10.2 Å². The molecule has 2 aromatic rings. The SMILES string of the molecule is CCn1c(Nc2ccc(C)cc2)nnc1[C@@H](C)N. The highest BCUT2D eigenvalue weighted by Crippen LogP contribution is 2.18. The minimum atomic E-state index is -0.119. The molecule has 0 spiro atoms. The van der Waals surface area contributed by atoms with Crippen molar-refractivity contribution in [1.29, 1.82) is 0 Å². The second-order valence-electron chi connectivity index (χ2n) is 4.41. The summed E-state index contributed by atoms with van der Waals surface area (Å²) in [5.41, 5.74) is 8.09. The van der Waals surface area contributed by atoms with Crippen LogP contribution in [0.4, 0.5) is 11.6 Å². The molecule has 0 aliphatic carbocycles. The summed E-state index contributed by atoms with van der Waals surface area (Å²) in [4.78, 5) is 0. The first kappa shape index (κ1) is 12.6. The zero-order valence-electron chi connectivity index (χ0n) is 11.0. The number of nitrogens with two attached hydrogens (primary N) is 1. The monoisotopic (exact) mass is 245 g/mol. The van der Waals surface area contributed by atoms with Crippen LogP contribution >= 0.6 is 0 Å². The van der Waals surface area contributed by atoms with Crippen LogP contribution in [0.1, 0.15) is 31.3 Å². The van der Waals surface area contributed by atoms with Gasteiger partial charge < -0.3 is 11.1 Å². The Hall–Kier alpha value is -1.88. The highest BCUT2D eigenvalue weighted by Gasteiger charge is 2.13. The van der Waals surface area contributed by atoms with E-state index in [1.54, 1.807) is 0 Å². The first-order valence-electron chi connectivity index (χ1n) is 6.14. The predicted molar refractivity (Wildman–Crippen MR) is 72.8 cm³/mol. The Morgan fingerprint density at radius 3 is 2.50 bits per heavy atom. The molecule has 5 heteroatoms. The zero-order valence-corrected chi connectivity index (χ0v) is 11.0. The van der Waals surface area contributed by atoms with E-state index >= 15 is 0 Å². The van der Waals surface area contributed by atoms with Gasteiger partial charge in [-0.3, -0.25) is 4.57 Å². The van der Waals surface area contributed by atoms with Crippen molar-refractivity contribution in [1.82, 2.24) is 14.8 Å². The van der Waals surface area contributed by atoms with Crippen LogP contribution in [0.5, 0.6) is 0 Å². The molecule has 0 unspecified atom stereocenters. The molecule has 0 amide bonds. The smallest absolute Gasteiger partial charge is 0.229 e. The molecule has 3 N–H and O–H groups in total. The maximum absolute atomic E-state index is 5.87. The van der Waals surface area contributed by atoms with Gasteiger partial charge in [0, 0.05) is 12.2 Å². The lowest BCUT2D eigenvalue weighted by atomic mass is 10.2. The van der Waals surface area contributed by atoms with Crippen LogP contribution in [0.3, 0.4) is 0 Å². The first-order chi connectivity index (χ1) is 8.61. The fourth-order valence-electron chi connectivity index (χ4n) is 1.82. The van der Waals surface area contributed by atoms with Crippen molar-refractivity contribution < 1.29 is 0 Å². The third-order valence-electron chi connectivity index (χ3n) is 2.81. The Morgan fingerprint density at radius 1 is 1.28 bits per heavy atom. The van der Waals surface area contributed by atoms with Gasteiger partial charge in [0.05, 0.1) is 6.04 Å². The average Bonchev–Trinajstić information content (AvgIpc) is 2.75. The minimum absolute atomic E-state index is 0.119. The van der Waals surface area contributed by atoms with Crippen LogP contribution < -0.4 is 11.1 Å². The van der Waals surface area contributed by atoms with Gasteiger partial charge in [0.1, 0.15) is 0 Å². The number of nitrogens with one attached hydrogen (secondary N) is 1. The molecule has 1 aromatic carbocycles. The predicted octanol–water partition coefficient (Wildman–Crippen LogP) is 2.37. The molecule has 0 aliphatic rings. The van der Waals surface area contributed by atoms with Crippen molar-refractivity contribution in [3.8, 4) is 0 Å². The quantitative estimate of drug-likeness (QED) is 0.867. The fourth-order valence-corrected chi connectivity index (χ4v) is 1.82. The van der Waals surface area contributed by atoms with Crippen LogP contribution in [0.15, 0.2) is 24.3 Å². The van der Waals surface area contributed by atoms with E-state index in [9.17, 15) is 0 Å². The molecule has 1 aromatic heterocycles. The van der Waals surface area contributed by atoms with Gasteiger partial charge in [0.15, 0.2) is 5.82 Å². The number of rotatable bonds is 4. The Kier molecular flexibility index (Phi) is 3.62. The Bertz CT molecular complexity index is 513. The molecular weight excluding hydrogens is 226 g/mol. The topological polar surface area (TPSA) is 68.8 Å². The maximum atomic E-state index is 5.87. The number of nitrogens with zero attached hydrogens (tertiary/aromatic N) is 3. The summed E-state index contributed by atoms with van der Waals surface area (Å²) in [6, 6.07) is 8.04. The molecule has 18 heavy (non-hydrogen) atoms. The standard InChI is InChI=1S/C13H19N5/c1-4-18-12(10(3)14)16-17-13(18)15-11-7-5-9(2)6-8-11/h5-8,10H,4,14H2,1-3H3,(H,15,17)/t10-/m1/s1.